The topological polar surface area (TPSA) is 54.5 Å². The van der Waals surface area contributed by atoms with Gasteiger partial charge in [0.05, 0.1) is 0 Å². The number of amides is 1. The van der Waals surface area contributed by atoms with Crippen LogP contribution < -0.4 is 15.0 Å². The summed E-state index contributed by atoms with van der Waals surface area (Å²) in [5, 5.41) is 3.09. The maximum Gasteiger partial charge on any atom is 0.251 e. The zero-order chi connectivity index (χ0) is 19.9. The Morgan fingerprint density at radius 1 is 0.966 bits per heavy atom. The molecule has 0 radical (unpaired) electrons. The highest BCUT2D eigenvalue weighted by atomic mass is 16.5. The van der Waals surface area contributed by atoms with Crippen molar-refractivity contribution in [2.45, 2.75) is 12.8 Å². The second-order valence-corrected chi connectivity index (χ2v) is 7.29. The molecule has 1 fully saturated rings. The summed E-state index contributed by atoms with van der Waals surface area (Å²) in [5.41, 5.74) is 1.84. The number of anilines is 1. The fourth-order valence-corrected chi connectivity index (χ4v) is 3.61. The lowest BCUT2D eigenvalue weighted by Crippen LogP contribution is -2.38. The fraction of sp³-hybridized carbons (Fsp3) is 0.250. The van der Waals surface area contributed by atoms with Crippen molar-refractivity contribution in [1.82, 2.24) is 10.3 Å². The molecule has 2 aromatic carbocycles. The summed E-state index contributed by atoms with van der Waals surface area (Å²) in [6.07, 6.45) is 5.80. The van der Waals surface area contributed by atoms with Gasteiger partial charge >= 0.3 is 0 Å². The predicted octanol–water partition coefficient (Wildman–Crippen LogP) is 4.52. The number of piperidine rings is 1. The lowest BCUT2D eigenvalue weighted by molar-refractivity contribution is 0.0944. The molecule has 4 rings (SSSR count). The number of carbonyl (C=O) groups is 1. The molecule has 5 nitrogen and oxygen atoms in total. The van der Waals surface area contributed by atoms with Crippen LogP contribution in [0, 0.1) is 5.92 Å². The fourth-order valence-electron chi connectivity index (χ4n) is 3.61. The van der Waals surface area contributed by atoms with E-state index in [2.05, 4.69) is 15.2 Å². The van der Waals surface area contributed by atoms with Crippen molar-refractivity contribution in [1.29, 1.82) is 0 Å². The van der Waals surface area contributed by atoms with E-state index in [1.54, 1.807) is 6.07 Å². The minimum Gasteiger partial charge on any atom is -0.457 e. The average molecular weight is 387 g/mol. The van der Waals surface area contributed by atoms with Crippen LogP contribution in [0.4, 0.5) is 5.69 Å². The molecule has 0 aliphatic carbocycles. The molecule has 0 spiro atoms. The Morgan fingerprint density at radius 3 is 2.45 bits per heavy atom. The summed E-state index contributed by atoms with van der Waals surface area (Å²) >= 11 is 0. The Bertz CT molecular complexity index is 923. The second kappa shape index (κ2) is 9.24. The lowest BCUT2D eigenvalue weighted by Gasteiger charge is -2.33. The van der Waals surface area contributed by atoms with Gasteiger partial charge < -0.3 is 15.0 Å². The first-order valence-corrected chi connectivity index (χ1v) is 10.0. The first-order chi connectivity index (χ1) is 14.3. The van der Waals surface area contributed by atoms with E-state index in [1.807, 2.05) is 73.1 Å². The van der Waals surface area contributed by atoms with Crippen LogP contribution in [-0.2, 0) is 0 Å². The number of nitrogens with one attached hydrogen (secondary N) is 1. The van der Waals surface area contributed by atoms with Crippen LogP contribution in [0.1, 0.15) is 23.2 Å². The Labute approximate surface area is 171 Å². The number of pyridine rings is 1. The van der Waals surface area contributed by atoms with Gasteiger partial charge in [-0.2, -0.15) is 0 Å². The van der Waals surface area contributed by atoms with Crippen molar-refractivity contribution in [2.75, 3.05) is 24.5 Å². The number of hydrogen-bond donors (Lipinski definition) is 1. The molecule has 0 atom stereocenters. The molecule has 1 N–H and O–H groups in total. The molecule has 1 aromatic heterocycles. The number of nitrogens with zero attached hydrogens (tertiary/aromatic N) is 2. The van der Waals surface area contributed by atoms with Crippen molar-refractivity contribution in [2.24, 2.45) is 5.92 Å². The Kier molecular flexibility index (Phi) is 6.05. The summed E-state index contributed by atoms with van der Waals surface area (Å²) in [5.74, 6) is 1.86. The molecule has 0 saturated carbocycles. The Balaban J connectivity index is 1.27. The Hall–Kier alpha value is -3.34. The van der Waals surface area contributed by atoms with E-state index in [1.165, 1.54) is 5.69 Å². The standard InChI is InChI=1S/C24H25N3O2/c28-24(20-5-4-8-23(17-20)29-22-6-2-1-3-7-22)26-18-19-11-15-27(16-12-19)21-9-13-25-14-10-21/h1-10,13-14,17,19H,11-12,15-16,18H2,(H,26,28). The normalized spacial score (nSPS) is 14.4. The van der Waals surface area contributed by atoms with Gasteiger partial charge in [0.2, 0.25) is 0 Å². The van der Waals surface area contributed by atoms with Crippen LogP contribution in [0.3, 0.4) is 0 Å². The Morgan fingerprint density at radius 2 is 1.69 bits per heavy atom. The first-order valence-electron chi connectivity index (χ1n) is 10.0. The number of rotatable bonds is 6. The van der Waals surface area contributed by atoms with Crippen LogP contribution in [0.15, 0.2) is 79.1 Å². The molecule has 2 heterocycles. The quantitative estimate of drug-likeness (QED) is 0.676. The largest absolute Gasteiger partial charge is 0.457 e. The molecule has 1 saturated heterocycles. The third-order valence-electron chi connectivity index (χ3n) is 5.27. The molecule has 1 amide bonds. The maximum absolute atomic E-state index is 12.6. The van der Waals surface area contributed by atoms with Crippen molar-refractivity contribution in [3.8, 4) is 11.5 Å². The molecule has 29 heavy (non-hydrogen) atoms. The van der Waals surface area contributed by atoms with Crippen LogP contribution >= 0.6 is 0 Å². The molecule has 0 bridgehead atoms. The van der Waals surface area contributed by atoms with Gasteiger partial charge in [-0.25, -0.2) is 0 Å². The van der Waals surface area contributed by atoms with E-state index in [9.17, 15) is 4.79 Å². The molecule has 1 aliphatic heterocycles. The van der Waals surface area contributed by atoms with Gasteiger partial charge in [-0.3, -0.25) is 9.78 Å². The highest BCUT2D eigenvalue weighted by molar-refractivity contribution is 5.94. The highest BCUT2D eigenvalue weighted by Gasteiger charge is 2.20. The summed E-state index contributed by atoms with van der Waals surface area (Å²) in [6, 6.07) is 21.0. The molecule has 0 unspecified atom stereocenters. The SMILES string of the molecule is O=C(NCC1CCN(c2ccncc2)CC1)c1cccc(Oc2ccccc2)c1. The minimum absolute atomic E-state index is 0.0555. The van der Waals surface area contributed by atoms with Gasteiger partial charge in [-0.05, 0) is 61.2 Å². The number of para-hydroxylation sites is 1. The van der Waals surface area contributed by atoms with E-state index in [4.69, 9.17) is 4.74 Å². The third-order valence-corrected chi connectivity index (χ3v) is 5.27. The lowest BCUT2D eigenvalue weighted by atomic mass is 9.96. The van der Waals surface area contributed by atoms with Gasteiger partial charge in [-0.1, -0.05) is 24.3 Å². The van der Waals surface area contributed by atoms with Crippen molar-refractivity contribution in [3.05, 3.63) is 84.7 Å². The molecule has 1 aliphatic rings. The van der Waals surface area contributed by atoms with Crippen molar-refractivity contribution in [3.63, 3.8) is 0 Å². The smallest absolute Gasteiger partial charge is 0.251 e. The number of ether oxygens (including phenoxy) is 1. The maximum atomic E-state index is 12.6. The van der Waals surface area contributed by atoms with Gasteiger partial charge in [0, 0.05) is 43.3 Å². The van der Waals surface area contributed by atoms with Crippen LogP contribution in [0.25, 0.3) is 0 Å². The number of carbonyl (C=O) groups excluding carboxylic acids is 1. The molecule has 5 heteroatoms. The zero-order valence-corrected chi connectivity index (χ0v) is 16.3. The molecule has 148 valence electrons. The van der Waals surface area contributed by atoms with E-state index < -0.39 is 0 Å². The van der Waals surface area contributed by atoms with Crippen LogP contribution in [-0.4, -0.2) is 30.5 Å². The van der Waals surface area contributed by atoms with Crippen molar-refractivity contribution < 1.29 is 9.53 Å². The van der Waals surface area contributed by atoms with E-state index >= 15 is 0 Å². The summed E-state index contributed by atoms with van der Waals surface area (Å²) in [4.78, 5) is 19.1. The predicted molar refractivity (Wildman–Crippen MR) is 114 cm³/mol. The summed E-state index contributed by atoms with van der Waals surface area (Å²) in [6.45, 7) is 2.71. The van der Waals surface area contributed by atoms with E-state index in [0.717, 1.165) is 31.7 Å². The number of hydrogen-bond acceptors (Lipinski definition) is 4. The van der Waals surface area contributed by atoms with Gasteiger partial charge in [0.1, 0.15) is 11.5 Å². The number of aromatic nitrogens is 1. The molecular weight excluding hydrogens is 362 g/mol. The second-order valence-electron chi connectivity index (χ2n) is 7.29. The van der Waals surface area contributed by atoms with E-state index in [0.29, 0.717) is 23.8 Å². The minimum atomic E-state index is -0.0555. The van der Waals surface area contributed by atoms with Crippen molar-refractivity contribution >= 4 is 11.6 Å². The van der Waals surface area contributed by atoms with Gasteiger partial charge in [0.25, 0.3) is 5.91 Å². The average Bonchev–Trinajstić information content (AvgIpc) is 2.79. The van der Waals surface area contributed by atoms with Gasteiger partial charge in [-0.15, -0.1) is 0 Å². The summed E-state index contributed by atoms with van der Waals surface area (Å²) < 4.78 is 5.83. The first kappa shape index (κ1) is 19.0. The van der Waals surface area contributed by atoms with Crippen LogP contribution in [0.2, 0.25) is 0 Å². The summed E-state index contributed by atoms with van der Waals surface area (Å²) in [7, 11) is 0. The van der Waals surface area contributed by atoms with Gasteiger partial charge in [0.15, 0.2) is 0 Å². The molecule has 3 aromatic rings. The molecular formula is C24H25N3O2. The number of benzene rings is 2. The van der Waals surface area contributed by atoms with Crippen LogP contribution in [0.5, 0.6) is 11.5 Å². The zero-order valence-electron chi connectivity index (χ0n) is 16.3. The highest BCUT2D eigenvalue weighted by Crippen LogP contribution is 2.23. The third kappa shape index (κ3) is 5.13. The monoisotopic (exact) mass is 387 g/mol. The van der Waals surface area contributed by atoms with E-state index in [-0.39, 0.29) is 5.91 Å².